The summed E-state index contributed by atoms with van der Waals surface area (Å²) in [6, 6.07) is 8.16. The summed E-state index contributed by atoms with van der Waals surface area (Å²) in [7, 11) is -3.67. The highest BCUT2D eigenvalue weighted by Gasteiger charge is 2.16. The van der Waals surface area contributed by atoms with Crippen molar-refractivity contribution in [2.75, 3.05) is 4.72 Å². The molecule has 108 valence electrons. The minimum absolute atomic E-state index is 0.205. The molecule has 0 fully saturated rings. The van der Waals surface area contributed by atoms with Gasteiger partial charge in [-0.3, -0.25) is 4.72 Å². The van der Waals surface area contributed by atoms with Crippen LogP contribution in [0.3, 0.4) is 0 Å². The number of aryl methyl sites for hydroxylation is 2. The van der Waals surface area contributed by atoms with Crippen molar-refractivity contribution in [2.45, 2.75) is 18.7 Å². The van der Waals surface area contributed by atoms with E-state index in [2.05, 4.69) is 20.0 Å². The van der Waals surface area contributed by atoms with Crippen LogP contribution in [-0.2, 0) is 10.0 Å². The van der Waals surface area contributed by atoms with E-state index in [0.29, 0.717) is 5.65 Å². The van der Waals surface area contributed by atoms with Gasteiger partial charge in [0.15, 0.2) is 11.5 Å². The van der Waals surface area contributed by atoms with Gasteiger partial charge in [0.25, 0.3) is 10.0 Å². The number of anilines is 1. The molecule has 0 atom stereocenters. The molecular formula is C13H13N5O2S. The van der Waals surface area contributed by atoms with Crippen LogP contribution in [0.4, 0.5) is 5.82 Å². The summed E-state index contributed by atoms with van der Waals surface area (Å²) >= 11 is 0. The van der Waals surface area contributed by atoms with Crippen LogP contribution in [0.15, 0.2) is 41.6 Å². The molecule has 0 saturated heterocycles. The Kier molecular flexibility index (Phi) is 3.09. The van der Waals surface area contributed by atoms with Gasteiger partial charge >= 0.3 is 0 Å². The second-order valence-electron chi connectivity index (χ2n) is 4.70. The van der Waals surface area contributed by atoms with Gasteiger partial charge in [-0.1, -0.05) is 6.07 Å². The lowest BCUT2D eigenvalue weighted by Crippen LogP contribution is -2.15. The predicted octanol–water partition coefficient (Wildman–Crippen LogP) is 1.54. The molecule has 21 heavy (non-hydrogen) atoms. The quantitative estimate of drug-likeness (QED) is 0.792. The van der Waals surface area contributed by atoms with Crippen molar-refractivity contribution >= 4 is 21.5 Å². The molecule has 0 spiro atoms. The molecule has 3 aromatic rings. The standard InChI is InChI=1S/C13H13N5O2S/c1-9-3-4-11(7-10(9)2)21(19,20)17-12-5-6-13-15-14-8-18(13)16-12/h3-8H,1-2H3,(H,16,17). The third kappa shape index (κ3) is 2.57. The first-order valence-electron chi connectivity index (χ1n) is 6.23. The number of rotatable bonds is 3. The molecule has 0 aliphatic carbocycles. The predicted molar refractivity (Wildman–Crippen MR) is 77.5 cm³/mol. The number of nitrogens with one attached hydrogen (secondary N) is 1. The molecule has 0 unspecified atom stereocenters. The lowest BCUT2D eigenvalue weighted by Gasteiger charge is -2.09. The van der Waals surface area contributed by atoms with Crippen LogP contribution in [0, 0.1) is 13.8 Å². The van der Waals surface area contributed by atoms with E-state index in [1.807, 2.05) is 13.8 Å². The fourth-order valence-electron chi connectivity index (χ4n) is 1.86. The van der Waals surface area contributed by atoms with Crippen LogP contribution in [0.25, 0.3) is 5.65 Å². The molecular weight excluding hydrogens is 290 g/mol. The first kappa shape index (κ1) is 13.5. The highest BCUT2D eigenvalue weighted by molar-refractivity contribution is 7.92. The Bertz CT molecular complexity index is 917. The Hall–Kier alpha value is -2.48. The maximum Gasteiger partial charge on any atom is 0.263 e. The topological polar surface area (TPSA) is 89.2 Å². The number of fused-ring (bicyclic) bond motifs is 1. The third-order valence-corrected chi connectivity index (χ3v) is 4.54. The van der Waals surface area contributed by atoms with Gasteiger partial charge in [0.2, 0.25) is 0 Å². The minimum atomic E-state index is -3.67. The summed E-state index contributed by atoms with van der Waals surface area (Å²) in [5.74, 6) is 0.209. The van der Waals surface area contributed by atoms with Crippen molar-refractivity contribution in [1.29, 1.82) is 0 Å². The van der Waals surface area contributed by atoms with E-state index >= 15 is 0 Å². The molecule has 0 bridgehead atoms. The monoisotopic (exact) mass is 303 g/mol. The molecule has 0 saturated carbocycles. The molecule has 1 N–H and O–H groups in total. The molecule has 0 radical (unpaired) electrons. The van der Waals surface area contributed by atoms with Crippen LogP contribution < -0.4 is 4.72 Å². The Morgan fingerprint density at radius 1 is 1.10 bits per heavy atom. The van der Waals surface area contributed by atoms with Crippen LogP contribution >= 0.6 is 0 Å². The maximum absolute atomic E-state index is 12.3. The molecule has 0 aliphatic rings. The van der Waals surface area contributed by atoms with E-state index in [1.54, 1.807) is 30.3 Å². The number of sulfonamides is 1. The molecule has 0 aliphatic heterocycles. The average Bonchev–Trinajstić information content (AvgIpc) is 2.88. The molecule has 2 aromatic heterocycles. The van der Waals surface area contributed by atoms with Gasteiger partial charge in [0.05, 0.1) is 4.90 Å². The van der Waals surface area contributed by atoms with E-state index in [1.165, 1.54) is 10.8 Å². The van der Waals surface area contributed by atoms with E-state index < -0.39 is 10.0 Å². The van der Waals surface area contributed by atoms with Crippen molar-refractivity contribution in [3.05, 3.63) is 47.8 Å². The van der Waals surface area contributed by atoms with Crippen LogP contribution in [0.5, 0.6) is 0 Å². The first-order valence-corrected chi connectivity index (χ1v) is 7.71. The van der Waals surface area contributed by atoms with Gasteiger partial charge in [0, 0.05) is 0 Å². The Balaban J connectivity index is 1.96. The average molecular weight is 303 g/mol. The summed E-state index contributed by atoms with van der Waals surface area (Å²) in [6.45, 7) is 3.80. The largest absolute Gasteiger partial charge is 0.263 e. The van der Waals surface area contributed by atoms with Gasteiger partial charge < -0.3 is 0 Å². The first-order chi connectivity index (χ1) is 9.95. The number of benzene rings is 1. The molecule has 2 heterocycles. The number of hydrogen-bond acceptors (Lipinski definition) is 5. The van der Waals surface area contributed by atoms with Crippen LogP contribution in [0.2, 0.25) is 0 Å². The molecule has 0 amide bonds. The zero-order valence-corrected chi connectivity index (χ0v) is 12.3. The highest BCUT2D eigenvalue weighted by Crippen LogP contribution is 2.17. The number of aromatic nitrogens is 4. The fraction of sp³-hybridized carbons (Fsp3) is 0.154. The van der Waals surface area contributed by atoms with E-state index in [0.717, 1.165) is 11.1 Å². The summed E-state index contributed by atoms with van der Waals surface area (Å²) in [6.07, 6.45) is 1.41. The van der Waals surface area contributed by atoms with Crippen molar-refractivity contribution in [3.63, 3.8) is 0 Å². The maximum atomic E-state index is 12.3. The molecule has 8 heteroatoms. The molecule has 7 nitrogen and oxygen atoms in total. The van der Waals surface area contributed by atoms with Crippen LogP contribution in [0.1, 0.15) is 11.1 Å². The van der Waals surface area contributed by atoms with E-state index in [9.17, 15) is 8.42 Å². The second kappa shape index (κ2) is 4.81. The van der Waals surface area contributed by atoms with Gasteiger partial charge in [-0.25, -0.2) is 8.42 Å². The number of hydrogen-bond donors (Lipinski definition) is 1. The summed E-state index contributed by atoms with van der Waals surface area (Å²) in [4.78, 5) is 0.205. The van der Waals surface area contributed by atoms with Crippen LogP contribution in [-0.4, -0.2) is 28.2 Å². The van der Waals surface area contributed by atoms with Gasteiger partial charge in [-0.15, -0.1) is 15.3 Å². The Morgan fingerprint density at radius 3 is 2.67 bits per heavy atom. The van der Waals surface area contributed by atoms with E-state index in [-0.39, 0.29) is 10.7 Å². The normalized spacial score (nSPS) is 11.7. The second-order valence-corrected chi connectivity index (χ2v) is 6.39. The van der Waals surface area contributed by atoms with Crippen molar-refractivity contribution in [3.8, 4) is 0 Å². The number of nitrogens with zero attached hydrogens (tertiary/aromatic N) is 4. The Morgan fingerprint density at radius 2 is 1.90 bits per heavy atom. The van der Waals surface area contributed by atoms with Crippen molar-refractivity contribution in [1.82, 2.24) is 19.8 Å². The molecule has 1 aromatic carbocycles. The molecule has 3 rings (SSSR count). The van der Waals surface area contributed by atoms with Crippen molar-refractivity contribution in [2.24, 2.45) is 0 Å². The fourth-order valence-corrected chi connectivity index (χ4v) is 2.94. The lowest BCUT2D eigenvalue weighted by atomic mass is 10.1. The summed E-state index contributed by atoms with van der Waals surface area (Å²) in [5.41, 5.74) is 2.50. The SMILES string of the molecule is Cc1ccc(S(=O)(=O)Nc2ccc3nncn3n2)cc1C. The minimum Gasteiger partial charge on any atom is -0.262 e. The van der Waals surface area contributed by atoms with Gasteiger partial charge in [-0.2, -0.15) is 4.52 Å². The van der Waals surface area contributed by atoms with Crippen molar-refractivity contribution < 1.29 is 8.42 Å². The lowest BCUT2D eigenvalue weighted by molar-refractivity contribution is 0.600. The third-order valence-electron chi connectivity index (χ3n) is 3.19. The van der Waals surface area contributed by atoms with Gasteiger partial charge in [-0.05, 0) is 49.2 Å². The zero-order valence-electron chi connectivity index (χ0n) is 11.5. The van der Waals surface area contributed by atoms with Gasteiger partial charge in [0.1, 0.15) is 6.33 Å². The van der Waals surface area contributed by atoms with E-state index in [4.69, 9.17) is 0 Å². The Labute approximate surface area is 121 Å². The summed E-state index contributed by atoms with van der Waals surface area (Å²) in [5, 5.41) is 11.6. The highest BCUT2D eigenvalue weighted by atomic mass is 32.2. The summed E-state index contributed by atoms with van der Waals surface area (Å²) < 4.78 is 28.5. The smallest absolute Gasteiger partial charge is 0.262 e. The zero-order chi connectivity index (χ0) is 15.0.